The van der Waals surface area contributed by atoms with Gasteiger partial charge in [-0.15, -0.1) is 0 Å². The Labute approximate surface area is 103 Å². The van der Waals surface area contributed by atoms with Crippen LogP contribution in [0.15, 0.2) is 0 Å². The van der Waals surface area contributed by atoms with Gasteiger partial charge in [0, 0.05) is 12.1 Å². The largest absolute Gasteiger partial charge is 0.480 e. The molecule has 0 heterocycles. The first-order chi connectivity index (χ1) is 7.79. The number of nitrogens with zero attached hydrogens (tertiary/aromatic N) is 1. The predicted molar refractivity (Wildman–Crippen MR) is 66.9 cm³/mol. The lowest BCUT2D eigenvalue weighted by Gasteiger charge is -2.28. The van der Waals surface area contributed by atoms with Crippen molar-refractivity contribution >= 4 is 12.0 Å². The molecule has 0 spiro atoms. The summed E-state index contributed by atoms with van der Waals surface area (Å²) >= 11 is 0. The number of carbonyl (C=O) groups excluding carboxylic acids is 1. The topological polar surface area (TPSA) is 69.6 Å². The highest BCUT2D eigenvalue weighted by Crippen LogP contribution is 2.08. The second-order valence-corrected chi connectivity index (χ2v) is 4.74. The third-order valence-electron chi connectivity index (χ3n) is 3.04. The van der Waals surface area contributed by atoms with Crippen molar-refractivity contribution in [3.63, 3.8) is 0 Å². The van der Waals surface area contributed by atoms with Gasteiger partial charge in [-0.2, -0.15) is 0 Å². The van der Waals surface area contributed by atoms with Crippen LogP contribution >= 0.6 is 0 Å². The van der Waals surface area contributed by atoms with Crippen LogP contribution in [0.5, 0.6) is 0 Å². The SMILES string of the molecule is CCC(C)C(C)NC(=O)N(CC(=O)O)C(C)C. The molecule has 0 aliphatic heterocycles. The van der Waals surface area contributed by atoms with Crippen molar-refractivity contribution in [3.05, 3.63) is 0 Å². The molecule has 2 amide bonds. The Morgan fingerprint density at radius 2 is 1.76 bits per heavy atom. The van der Waals surface area contributed by atoms with Crippen LogP contribution in [0.1, 0.15) is 41.0 Å². The van der Waals surface area contributed by atoms with Gasteiger partial charge in [0.25, 0.3) is 0 Å². The number of carboxylic acids is 1. The van der Waals surface area contributed by atoms with Gasteiger partial charge in [-0.05, 0) is 26.7 Å². The number of rotatable bonds is 6. The van der Waals surface area contributed by atoms with E-state index in [9.17, 15) is 9.59 Å². The van der Waals surface area contributed by atoms with E-state index in [0.717, 1.165) is 6.42 Å². The Morgan fingerprint density at radius 3 is 2.12 bits per heavy atom. The summed E-state index contributed by atoms with van der Waals surface area (Å²) in [6, 6.07) is -0.395. The van der Waals surface area contributed by atoms with Gasteiger partial charge in [0.15, 0.2) is 0 Å². The highest BCUT2D eigenvalue weighted by molar-refractivity contribution is 5.80. The molecule has 0 saturated carbocycles. The van der Waals surface area contributed by atoms with Gasteiger partial charge in [0.2, 0.25) is 0 Å². The van der Waals surface area contributed by atoms with Crippen LogP contribution in [0.4, 0.5) is 4.79 Å². The van der Waals surface area contributed by atoms with E-state index >= 15 is 0 Å². The highest BCUT2D eigenvalue weighted by atomic mass is 16.4. The Balaban J connectivity index is 4.47. The summed E-state index contributed by atoms with van der Waals surface area (Å²) in [5.41, 5.74) is 0. The van der Waals surface area contributed by atoms with E-state index in [4.69, 9.17) is 5.11 Å². The monoisotopic (exact) mass is 244 g/mol. The molecule has 0 aromatic heterocycles. The van der Waals surface area contributed by atoms with Crippen molar-refractivity contribution in [1.82, 2.24) is 10.2 Å². The van der Waals surface area contributed by atoms with Crippen LogP contribution in [0, 0.1) is 5.92 Å². The standard InChI is InChI=1S/C12H24N2O3/c1-6-9(4)10(5)13-12(17)14(8(2)3)7-11(15)16/h8-10H,6-7H2,1-5H3,(H,13,17)(H,15,16). The van der Waals surface area contributed by atoms with Crippen LogP contribution in [-0.4, -0.2) is 40.6 Å². The molecule has 17 heavy (non-hydrogen) atoms. The molecule has 0 bridgehead atoms. The van der Waals surface area contributed by atoms with Gasteiger partial charge in [0.1, 0.15) is 6.54 Å². The normalized spacial score (nSPS) is 14.2. The van der Waals surface area contributed by atoms with Gasteiger partial charge in [0.05, 0.1) is 0 Å². The zero-order chi connectivity index (χ0) is 13.6. The number of hydrogen-bond donors (Lipinski definition) is 2. The average molecular weight is 244 g/mol. The molecule has 0 aromatic rings. The first-order valence-electron chi connectivity index (χ1n) is 6.08. The molecule has 0 saturated heterocycles. The number of hydrogen-bond acceptors (Lipinski definition) is 2. The zero-order valence-corrected chi connectivity index (χ0v) is 11.4. The molecule has 0 aliphatic carbocycles. The summed E-state index contributed by atoms with van der Waals surface area (Å²) in [7, 11) is 0. The molecule has 0 fully saturated rings. The fourth-order valence-electron chi connectivity index (χ4n) is 1.41. The third-order valence-corrected chi connectivity index (χ3v) is 3.04. The predicted octanol–water partition coefficient (Wildman–Crippen LogP) is 1.93. The zero-order valence-electron chi connectivity index (χ0n) is 11.4. The Morgan fingerprint density at radius 1 is 1.24 bits per heavy atom. The molecular formula is C12H24N2O3. The summed E-state index contributed by atoms with van der Waals surface area (Å²) in [6.07, 6.45) is 0.974. The van der Waals surface area contributed by atoms with Crippen molar-refractivity contribution in [1.29, 1.82) is 0 Å². The number of nitrogens with one attached hydrogen (secondary N) is 1. The van der Waals surface area contributed by atoms with Crippen LogP contribution in [0.25, 0.3) is 0 Å². The summed E-state index contributed by atoms with van der Waals surface area (Å²) in [6.45, 7) is 9.39. The smallest absolute Gasteiger partial charge is 0.323 e. The Hall–Kier alpha value is -1.26. The Bertz CT molecular complexity index is 266. The third kappa shape index (κ3) is 5.56. The first kappa shape index (κ1) is 15.7. The molecule has 2 unspecified atom stereocenters. The maximum absolute atomic E-state index is 11.9. The number of carbonyl (C=O) groups is 2. The lowest BCUT2D eigenvalue weighted by atomic mass is 10.0. The molecule has 0 aromatic carbocycles. The number of urea groups is 1. The van der Waals surface area contributed by atoms with E-state index in [2.05, 4.69) is 19.2 Å². The minimum atomic E-state index is -0.995. The second-order valence-electron chi connectivity index (χ2n) is 4.74. The van der Waals surface area contributed by atoms with E-state index in [0.29, 0.717) is 5.92 Å². The number of amides is 2. The van der Waals surface area contributed by atoms with Crippen molar-refractivity contribution < 1.29 is 14.7 Å². The van der Waals surface area contributed by atoms with Crippen molar-refractivity contribution in [2.24, 2.45) is 5.92 Å². The molecule has 5 nitrogen and oxygen atoms in total. The maximum atomic E-state index is 11.9. The average Bonchev–Trinajstić information content (AvgIpc) is 2.23. The minimum Gasteiger partial charge on any atom is -0.480 e. The molecule has 0 rings (SSSR count). The van der Waals surface area contributed by atoms with E-state index in [1.54, 1.807) is 13.8 Å². The fraction of sp³-hybridized carbons (Fsp3) is 0.833. The fourth-order valence-corrected chi connectivity index (χ4v) is 1.41. The van der Waals surface area contributed by atoms with Crippen molar-refractivity contribution in [2.75, 3.05) is 6.54 Å². The number of aliphatic carboxylic acids is 1. The number of carboxylic acid groups (broad SMARTS) is 1. The maximum Gasteiger partial charge on any atom is 0.323 e. The molecule has 2 atom stereocenters. The van der Waals surface area contributed by atoms with Crippen molar-refractivity contribution in [2.45, 2.75) is 53.1 Å². The summed E-state index contributed by atoms with van der Waals surface area (Å²) in [5.74, 6) is -0.622. The van der Waals surface area contributed by atoms with Crippen LogP contribution in [0.2, 0.25) is 0 Å². The van der Waals surface area contributed by atoms with E-state index in [1.165, 1.54) is 4.90 Å². The molecule has 100 valence electrons. The summed E-state index contributed by atoms with van der Waals surface area (Å²) < 4.78 is 0. The lowest BCUT2D eigenvalue weighted by molar-refractivity contribution is -0.138. The van der Waals surface area contributed by atoms with Gasteiger partial charge in [-0.25, -0.2) is 4.79 Å². The summed E-state index contributed by atoms with van der Waals surface area (Å²) in [4.78, 5) is 23.9. The van der Waals surface area contributed by atoms with Crippen LogP contribution < -0.4 is 5.32 Å². The quantitative estimate of drug-likeness (QED) is 0.750. The molecule has 5 heteroatoms. The van der Waals surface area contributed by atoms with Gasteiger partial charge in [-0.3, -0.25) is 4.79 Å². The lowest BCUT2D eigenvalue weighted by Crippen LogP contribution is -2.50. The first-order valence-corrected chi connectivity index (χ1v) is 6.08. The minimum absolute atomic E-state index is 0.0440. The molecular weight excluding hydrogens is 220 g/mol. The van der Waals surface area contributed by atoms with Gasteiger partial charge >= 0.3 is 12.0 Å². The van der Waals surface area contributed by atoms with Gasteiger partial charge in [-0.1, -0.05) is 20.3 Å². The van der Waals surface area contributed by atoms with E-state index in [-0.39, 0.29) is 24.7 Å². The van der Waals surface area contributed by atoms with E-state index in [1.807, 2.05) is 6.92 Å². The van der Waals surface area contributed by atoms with Crippen molar-refractivity contribution in [3.8, 4) is 0 Å². The Kier molecular flexibility index (Phi) is 6.61. The molecule has 0 aliphatic rings. The van der Waals surface area contributed by atoms with Gasteiger partial charge < -0.3 is 15.3 Å². The van der Waals surface area contributed by atoms with E-state index < -0.39 is 5.97 Å². The molecule has 0 radical (unpaired) electrons. The van der Waals surface area contributed by atoms with Crippen LogP contribution in [-0.2, 0) is 4.79 Å². The second kappa shape index (κ2) is 7.14. The van der Waals surface area contributed by atoms with Crippen LogP contribution in [0.3, 0.4) is 0 Å². The highest BCUT2D eigenvalue weighted by Gasteiger charge is 2.22. The molecule has 2 N–H and O–H groups in total. The summed E-state index contributed by atoms with van der Waals surface area (Å²) in [5, 5.41) is 11.6.